The second kappa shape index (κ2) is 6.22. The minimum Gasteiger partial charge on any atom is -0.331 e. The van der Waals surface area contributed by atoms with E-state index in [1.54, 1.807) is 35.6 Å². The summed E-state index contributed by atoms with van der Waals surface area (Å²) in [6.45, 7) is 0.661. The minimum absolute atomic E-state index is 0.00448. The highest BCUT2D eigenvalue weighted by molar-refractivity contribution is 7.09. The lowest BCUT2D eigenvalue weighted by Crippen LogP contribution is -2.30. The summed E-state index contributed by atoms with van der Waals surface area (Å²) in [4.78, 5) is 15.5. The molecule has 1 aromatic carbocycles. The van der Waals surface area contributed by atoms with Crippen molar-refractivity contribution in [2.45, 2.75) is 25.4 Å². The second-order valence-electron chi connectivity index (χ2n) is 5.17. The lowest BCUT2D eigenvalue weighted by Gasteiger charge is -2.19. The van der Waals surface area contributed by atoms with Crippen molar-refractivity contribution in [2.75, 3.05) is 0 Å². The monoisotopic (exact) mass is 301 g/mol. The van der Waals surface area contributed by atoms with Crippen molar-refractivity contribution >= 4 is 23.3 Å². The number of nitrogens with zero attached hydrogens (tertiary/aromatic N) is 1. The molecule has 108 valence electrons. The molecule has 0 bridgehead atoms. The molecular formula is C17H16FNOS. The molecule has 0 atom stereocenters. The van der Waals surface area contributed by atoms with Gasteiger partial charge in [0.2, 0.25) is 5.91 Å². The van der Waals surface area contributed by atoms with Gasteiger partial charge in [0, 0.05) is 17.0 Å². The zero-order valence-corrected chi connectivity index (χ0v) is 12.4. The van der Waals surface area contributed by atoms with E-state index in [2.05, 4.69) is 0 Å². The highest BCUT2D eigenvalue weighted by Crippen LogP contribution is 2.29. The summed E-state index contributed by atoms with van der Waals surface area (Å²) in [6.07, 6.45) is 5.37. The molecule has 2 aromatic rings. The van der Waals surface area contributed by atoms with Crippen LogP contribution in [-0.4, -0.2) is 16.8 Å². The number of carbonyl (C=O) groups excluding carboxylic acids is 1. The van der Waals surface area contributed by atoms with E-state index in [0.29, 0.717) is 18.2 Å². The first-order valence-electron chi connectivity index (χ1n) is 6.99. The van der Waals surface area contributed by atoms with Gasteiger partial charge in [-0.2, -0.15) is 0 Å². The van der Waals surface area contributed by atoms with E-state index in [1.807, 2.05) is 22.4 Å². The van der Waals surface area contributed by atoms with Gasteiger partial charge in [0.15, 0.2) is 0 Å². The molecule has 2 nitrogen and oxygen atoms in total. The average Bonchev–Trinajstić information content (AvgIpc) is 3.19. The number of hydrogen-bond donors (Lipinski definition) is 0. The van der Waals surface area contributed by atoms with Crippen molar-refractivity contribution < 1.29 is 9.18 Å². The molecule has 1 aromatic heterocycles. The number of carbonyl (C=O) groups is 1. The van der Waals surface area contributed by atoms with Crippen molar-refractivity contribution in [2.24, 2.45) is 0 Å². The summed E-state index contributed by atoms with van der Waals surface area (Å²) in [5.74, 6) is -0.294. The maximum absolute atomic E-state index is 13.1. The van der Waals surface area contributed by atoms with Crippen LogP contribution < -0.4 is 0 Å². The number of amides is 1. The first-order chi connectivity index (χ1) is 10.2. The van der Waals surface area contributed by atoms with Gasteiger partial charge in [0.1, 0.15) is 5.82 Å². The van der Waals surface area contributed by atoms with Crippen molar-refractivity contribution in [3.63, 3.8) is 0 Å². The van der Waals surface area contributed by atoms with Gasteiger partial charge >= 0.3 is 0 Å². The summed E-state index contributed by atoms with van der Waals surface area (Å²) in [5.41, 5.74) is 0.704. The lowest BCUT2D eigenvalue weighted by molar-refractivity contribution is -0.127. The molecule has 1 amide bonds. The molecule has 1 aliphatic carbocycles. The molecule has 1 fully saturated rings. The van der Waals surface area contributed by atoms with Gasteiger partial charge < -0.3 is 4.90 Å². The minimum atomic E-state index is -0.290. The van der Waals surface area contributed by atoms with Gasteiger partial charge in [-0.15, -0.1) is 11.3 Å². The van der Waals surface area contributed by atoms with Crippen LogP contribution in [0.25, 0.3) is 6.08 Å². The third kappa shape index (κ3) is 3.79. The predicted molar refractivity (Wildman–Crippen MR) is 83.3 cm³/mol. The fourth-order valence-corrected chi connectivity index (χ4v) is 2.92. The SMILES string of the molecule is O=C(/C=C/c1cccc(F)c1)N(Cc1cccs1)C1CC1. The zero-order chi connectivity index (χ0) is 14.7. The Kier molecular flexibility index (Phi) is 4.15. The lowest BCUT2D eigenvalue weighted by atomic mass is 10.2. The number of thiophene rings is 1. The summed E-state index contributed by atoms with van der Waals surface area (Å²) in [6, 6.07) is 10.6. The molecule has 0 saturated heterocycles. The van der Waals surface area contributed by atoms with Crippen LogP contribution in [0, 0.1) is 5.82 Å². The van der Waals surface area contributed by atoms with Crippen LogP contribution in [-0.2, 0) is 11.3 Å². The summed E-state index contributed by atoms with van der Waals surface area (Å²) in [5, 5.41) is 2.02. The van der Waals surface area contributed by atoms with E-state index < -0.39 is 0 Å². The predicted octanol–water partition coefficient (Wildman–Crippen LogP) is 4.09. The van der Waals surface area contributed by atoms with E-state index in [0.717, 1.165) is 12.8 Å². The molecule has 1 saturated carbocycles. The van der Waals surface area contributed by atoms with Crippen LogP contribution in [0.4, 0.5) is 4.39 Å². The van der Waals surface area contributed by atoms with Crippen LogP contribution in [0.5, 0.6) is 0 Å². The van der Waals surface area contributed by atoms with Gasteiger partial charge in [-0.25, -0.2) is 4.39 Å². The molecular weight excluding hydrogens is 285 g/mol. The van der Waals surface area contributed by atoms with Crippen LogP contribution >= 0.6 is 11.3 Å². The number of hydrogen-bond acceptors (Lipinski definition) is 2. The summed E-state index contributed by atoms with van der Waals surface area (Å²) in [7, 11) is 0. The van der Waals surface area contributed by atoms with Gasteiger partial charge in [-0.1, -0.05) is 18.2 Å². The molecule has 0 N–H and O–H groups in total. The molecule has 0 aliphatic heterocycles. The van der Waals surface area contributed by atoms with Crippen LogP contribution in [0.1, 0.15) is 23.3 Å². The Morgan fingerprint density at radius 2 is 2.19 bits per heavy atom. The topological polar surface area (TPSA) is 20.3 Å². The molecule has 1 aliphatic rings. The molecule has 4 heteroatoms. The largest absolute Gasteiger partial charge is 0.331 e. The third-order valence-corrected chi connectivity index (χ3v) is 4.31. The molecule has 3 rings (SSSR count). The van der Waals surface area contributed by atoms with Crippen LogP contribution in [0.3, 0.4) is 0 Å². The normalized spacial score (nSPS) is 14.5. The Morgan fingerprint density at radius 1 is 1.33 bits per heavy atom. The van der Waals surface area contributed by atoms with E-state index in [9.17, 15) is 9.18 Å². The Labute approximate surface area is 127 Å². The van der Waals surface area contributed by atoms with Gasteiger partial charge in [0.25, 0.3) is 0 Å². The van der Waals surface area contributed by atoms with Gasteiger partial charge in [0.05, 0.1) is 6.54 Å². The van der Waals surface area contributed by atoms with Crippen molar-refractivity contribution in [1.82, 2.24) is 4.90 Å². The second-order valence-corrected chi connectivity index (χ2v) is 6.20. The molecule has 0 radical (unpaired) electrons. The Bertz CT molecular complexity index is 647. The quantitative estimate of drug-likeness (QED) is 0.762. The Morgan fingerprint density at radius 3 is 2.86 bits per heavy atom. The van der Waals surface area contributed by atoms with Crippen molar-refractivity contribution in [3.8, 4) is 0 Å². The standard InChI is InChI=1S/C17H16FNOS/c18-14-4-1-3-13(11-14)6-9-17(20)19(15-7-8-15)12-16-5-2-10-21-16/h1-6,9-11,15H,7-8,12H2/b9-6+. The molecule has 0 unspecified atom stereocenters. The highest BCUT2D eigenvalue weighted by atomic mass is 32.1. The fraction of sp³-hybridized carbons (Fsp3) is 0.235. The van der Waals surface area contributed by atoms with Crippen molar-refractivity contribution in [1.29, 1.82) is 0 Å². The van der Waals surface area contributed by atoms with Crippen LogP contribution in [0.2, 0.25) is 0 Å². The molecule has 21 heavy (non-hydrogen) atoms. The summed E-state index contributed by atoms with van der Waals surface area (Å²) >= 11 is 1.66. The van der Waals surface area contributed by atoms with E-state index in [-0.39, 0.29) is 11.7 Å². The van der Waals surface area contributed by atoms with Crippen LogP contribution in [0.15, 0.2) is 47.9 Å². The zero-order valence-electron chi connectivity index (χ0n) is 11.5. The van der Waals surface area contributed by atoms with Crippen molar-refractivity contribution in [3.05, 3.63) is 64.1 Å². The number of benzene rings is 1. The Hall–Kier alpha value is -1.94. The van der Waals surface area contributed by atoms with E-state index >= 15 is 0 Å². The average molecular weight is 301 g/mol. The first kappa shape index (κ1) is 14.0. The fourth-order valence-electron chi connectivity index (χ4n) is 2.22. The maximum atomic E-state index is 13.1. The first-order valence-corrected chi connectivity index (χ1v) is 7.87. The third-order valence-electron chi connectivity index (χ3n) is 3.44. The van der Waals surface area contributed by atoms with E-state index in [4.69, 9.17) is 0 Å². The smallest absolute Gasteiger partial charge is 0.247 e. The van der Waals surface area contributed by atoms with Gasteiger partial charge in [-0.05, 0) is 48.1 Å². The maximum Gasteiger partial charge on any atom is 0.247 e. The molecule has 1 heterocycles. The number of rotatable bonds is 5. The van der Waals surface area contributed by atoms with E-state index in [1.165, 1.54) is 17.0 Å². The molecule has 0 spiro atoms. The Balaban J connectivity index is 1.69. The summed E-state index contributed by atoms with van der Waals surface area (Å²) < 4.78 is 13.1. The highest BCUT2D eigenvalue weighted by Gasteiger charge is 2.31. The number of halogens is 1. The van der Waals surface area contributed by atoms with Gasteiger partial charge in [-0.3, -0.25) is 4.79 Å².